The molecule has 2 atom stereocenters. The molecule has 1 heterocycles. The Morgan fingerprint density at radius 1 is 1.35 bits per heavy atom. The summed E-state index contributed by atoms with van der Waals surface area (Å²) in [5.41, 5.74) is 4.66. The second kappa shape index (κ2) is 6.12. The summed E-state index contributed by atoms with van der Waals surface area (Å²) in [6, 6.07) is 2.49. The zero-order valence-corrected chi connectivity index (χ0v) is 11.5. The summed E-state index contributed by atoms with van der Waals surface area (Å²) in [7, 11) is 0. The fourth-order valence-electron chi connectivity index (χ4n) is 2.42. The van der Waals surface area contributed by atoms with E-state index < -0.39 is 0 Å². The van der Waals surface area contributed by atoms with Crippen LogP contribution in [0.25, 0.3) is 0 Å². The fourth-order valence-corrected chi connectivity index (χ4v) is 2.42. The van der Waals surface area contributed by atoms with E-state index in [4.69, 9.17) is 0 Å². The molecule has 0 aliphatic heterocycles. The number of aryl methyl sites for hydroxylation is 3. The number of aliphatic hydroxyl groups excluding tert-OH is 1. The molecule has 1 aromatic heterocycles. The SMILES string of the molecule is CC[C@H](CO)NC(C)c1c(C)cc(C)nc1C. The van der Waals surface area contributed by atoms with Gasteiger partial charge in [-0.25, -0.2) is 0 Å². The van der Waals surface area contributed by atoms with Gasteiger partial charge in [0.25, 0.3) is 0 Å². The Kier molecular flexibility index (Phi) is 5.09. The highest BCUT2D eigenvalue weighted by Crippen LogP contribution is 2.21. The first-order valence-corrected chi connectivity index (χ1v) is 6.31. The highest BCUT2D eigenvalue weighted by molar-refractivity contribution is 5.33. The minimum atomic E-state index is 0.158. The molecule has 0 bridgehead atoms. The highest BCUT2D eigenvalue weighted by atomic mass is 16.3. The van der Waals surface area contributed by atoms with Crippen LogP contribution in [-0.4, -0.2) is 22.7 Å². The van der Waals surface area contributed by atoms with Crippen LogP contribution in [-0.2, 0) is 0 Å². The van der Waals surface area contributed by atoms with Crippen LogP contribution < -0.4 is 5.32 Å². The number of nitrogens with one attached hydrogen (secondary N) is 1. The van der Waals surface area contributed by atoms with Crippen LogP contribution in [0.4, 0.5) is 0 Å². The number of rotatable bonds is 5. The molecule has 0 radical (unpaired) electrons. The summed E-state index contributed by atoms with van der Waals surface area (Å²) in [4.78, 5) is 4.51. The molecule has 0 amide bonds. The lowest BCUT2D eigenvalue weighted by atomic mass is 9.99. The van der Waals surface area contributed by atoms with Gasteiger partial charge in [0.1, 0.15) is 0 Å². The Balaban J connectivity index is 2.92. The smallest absolute Gasteiger partial charge is 0.0584 e. The molecular formula is C14H24N2O. The second-order valence-corrected chi connectivity index (χ2v) is 4.76. The van der Waals surface area contributed by atoms with Crippen molar-refractivity contribution in [2.75, 3.05) is 6.61 Å². The first kappa shape index (κ1) is 14.1. The van der Waals surface area contributed by atoms with Crippen molar-refractivity contribution in [3.8, 4) is 0 Å². The van der Waals surface area contributed by atoms with Gasteiger partial charge in [0.15, 0.2) is 0 Å². The average Bonchev–Trinajstić information content (AvgIpc) is 2.24. The maximum absolute atomic E-state index is 9.23. The lowest BCUT2D eigenvalue weighted by Gasteiger charge is -2.23. The number of aromatic nitrogens is 1. The average molecular weight is 236 g/mol. The molecule has 1 unspecified atom stereocenters. The van der Waals surface area contributed by atoms with E-state index >= 15 is 0 Å². The molecule has 0 aliphatic rings. The molecule has 17 heavy (non-hydrogen) atoms. The first-order chi connectivity index (χ1) is 7.99. The fraction of sp³-hybridized carbons (Fsp3) is 0.643. The summed E-state index contributed by atoms with van der Waals surface area (Å²) < 4.78 is 0. The molecule has 1 aromatic rings. The van der Waals surface area contributed by atoms with Crippen LogP contribution in [0.5, 0.6) is 0 Å². The van der Waals surface area contributed by atoms with Crippen LogP contribution in [0.1, 0.15) is 48.8 Å². The minimum Gasteiger partial charge on any atom is -0.395 e. The maximum Gasteiger partial charge on any atom is 0.0584 e. The van der Waals surface area contributed by atoms with E-state index in [2.05, 4.69) is 37.1 Å². The molecule has 0 saturated heterocycles. The van der Waals surface area contributed by atoms with Gasteiger partial charge in [-0.1, -0.05) is 6.92 Å². The van der Waals surface area contributed by atoms with E-state index in [9.17, 15) is 5.11 Å². The van der Waals surface area contributed by atoms with Crippen LogP contribution in [0.2, 0.25) is 0 Å². The van der Waals surface area contributed by atoms with Crippen molar-refractivity contribution in [3.63, 3.8) is 0 Å². The third kappa shape index (κ3) is 3.51. The van der Waals surface area contributed by atoms with Gasteiger partial charge in [-0.15, -0.1) is 0 Å². The van der Waals surface area contributed by atoms with Crippen molar-refractivity contribution in [1.82, 2.24) is 10.3 Å². The molecule has 3 nitrogen and oxygen atoms in total. The molecule has 3 heteroatoms. The maximum atomic E-state index is 9.23. The monoisotopic (exact) mass is 236 g/mol. The quantitative estimate of drug-likeness (QED) is 0.825. The van der Waals surface area contributed by atoms with Crippen LogP contribution in [0.3, 0.4) is 0 Å². The summed E-state index contributed by atoms with van der Waals surface area (Å²) in [5, 5.41) is 12.7. The number of aliphatic hydroxyl groups is 1. The van der Waals surface area contributed by atoms with Crippen LogP contribution >= 0.6 is 0 Å². The zero-order valence-electron chi connectivity index (χ0n) is 11.5. The number of hydrogen-bond donors (Lipinski definition) is 2. The Morgan fingerprint density at radius 2 is 2.00 bits per heavy atom. The number of nitrogens with zero attached hydrogens (tertiary/aromatic N) is 1. The third-order valence-electron chi connectivity index (χ3n) is 3.22. The molecule has 0 spiro atoms. The Morgan fingerprint density at radius 3 is 2.47 bits per heavy atom. The van der Waals surface area contributed by atoms with E-state index in [1.54, 1.807) is 0 Å². The molecule has 1 rings (SSSR count). The predicted molar refractivity (Wildman–Crippen MR) is 71.2 cm³/mol. The van der Waals surface area contributed by atoms with Crippen molar-refractivity contribution in [3.05, 3.63) is 28.6 Å². The summed E-state index contributed by atoms with van der Waals surface area (Å²) in [6.07, 6.45) is 0.929. The lowest BCUT2D eigenvalue weighted by Crippen LogP contribution is -2.34. The minimum absolute atomic E-state index is 0.158. The number of hydrogen-bond acceptors (Lipinski definition) is 3. The molecule has 2 N–H and O–H groups in total. The molecular weight excluding hydrogens is 212 g/mol. The predicted octanol–water partition coefficient (Wildman–Crippen LogP) is 2.43. The largest absolute Gasteiger partial charge is 0.395 e. The van der Waals surface area contributed by atoms with Gasteiger partial charge in [0.05, 0.1) is 6.61 Å². The topological polar surface area (TPSA) is 45.1 Å². The summed E-state index contributed by atoms with van der Waals surface area (Å²) in [6.45, 7) is 10.6. The van der Waals surface area contributed by atoms with Crippen molar-refractivity contribution >= 4 is 0 Å². The molecule has 0 saturated carbocycles. The third-order valence-corrected chi connectivity index (χ3v) is 3.22. The van der Waals surface area contributed by atoms with E-state index in [0.717, 1.165) is 17.8 Å². The summed E-state index contributed by atoms with van der Waals surface area (Å²) in [5.74, 6) is 0. The normalized spacial score (nSPS) is 14.7. The molecule has 0 fully saturated rings. The van der Waals surface area contributed by atoms with Gasteiger partial charge in [-0.2, -0.15) is 0 Å². The summed E-state index contributed by atoms with van der Waals surface area (Å²) >= 11 is 0. The second-order valence-electron chi connectivity index (χ2n) is 4.76. The van der Waals surface area contributed by atoms with Crippen LogP contribution in [0, 0.1) is 20.8 Å². The van der Waals surface area contributed by atoms with Crippen molar-refractivity contribution in [2.45, 2.75) is 53.1 Å². The van der Waals surface area contributed by atoms with Gasteiger partial charge in [0, 0.05) is 23.5 Å². The molecule has 0 aliphatic carbocycles. The highest BCUT2D eigenvalue weighted by Gasteiger charge is 2.15. The first-order valence-electron chi connectivity index (χ1n) is 6.31. The van der Waals surface area contributed by atoms with Crippen molar-refractivity contribution in [1.29, 1.82) is 0 Å². The standard InChI is InChI=1S/C14H24N2O/c1-6-13(8-17)16-12(5)14-9(2)7-10(3)15-11(14)4/h7,12-13,16-17H,6,8H2,1-5H3/t12?,13-/m1/s1. The number of pyridine rings is 1. The Labute approximate surface area is 104 Å². The molecule has 0 aromatic carbocycles. The molecule has 96 valence electrons. The van der Waals surface area contributed by atoms with Gasteiger partial charge >= 0.3 is 0 Å². The van der Waals surface area contributed by atoms with Gasteiger partial charge in [-0.05, 0) is 51.3 Å². The van der Waals surface area contributed by atoms with E-state index in [1.165, 1.54) is 11.1 Å². The van der Waals surface area contributed by atoms with Gasteiger partial charge in [-0.3, -0.25) is 4.98 Å². The Bertz CT molecular complexity index is 349. The van der Waals surface area contributed by atoms with Crippen LogP contribution in [0.15, 0.2) is 6.07 Å². The van der Waals surface area contributed by atoms with E-state index in [-0.39, 0.29) is 18.7 Å². The Hall–Kier alpha value is -0.930. The van der Waals surface area contributed by atoms with Crippen molar-refractivity contribution < 1.29 is 5.11 Å². The van der Waals surface area contributed by atoms with Gasteiger partial charge < -0.3 is 10.4 Å². The van der Waals surface area contributed by atoms with E-state index in [0.29, 0.717) is 0 Å². The lowest BCUT2D eigenvalue weighted by molar-refractivity contribution is 0.230. The van der Waals surface area contributed by atoms with Gasteiger partial charge in [0.2, 0.25) is 0 Å². The zero-order chi connectivity index (χ0) is 13.0. The van der Waals surface area contributed by atoms with E-state index in [1.807, 2.05) is 13.8 Å². The van der Waals surface area contributed by atoms with Crippen molar-refractivity contribution in [2.24, 2.45) is 0 Å².